The van der Waals surface area contributed by atoms with Gasteiger partial charge in [0.25, 0.3) is 5.91 Å². The molecule has 1 N–H and O–H groups in total. The van der Waals surface area contributed by atoms with Gasteiger partial charge in [0, 0.05) is 41.4 Å². The third-order valence-corrected chi connectivity index (χ3v) is 5.00. The molecule has 4 heteroatoms. The Morgan fingerprint density at radius 2 is 2.05 bits per heavy atom. The number of carbonyl (C=O) groups excluding carboxylic acids is 1. The van der Waals surface area contributed by atoms with E-state index >= 15 is 0 Å². The molecule has 0 bridgehead atoms. The number of hydrogen-bond donors (Lipinski definition) is 1. The molecular formula is C15H20N2OS. The maximum absolute atomic E-state index is 12.6. The second-order valence-electron chi connectivity index (χ2n) is 5.52. The fraction of sp³-hybridized carbons (Fsp3) is 0.533. The van der Waals surface area contributed by atoms with Crippen molar-refractivity contribution >= 4 is 23.4 Å². The van der Waals surface area contributed by atoms with Gasteiger partial charge in [-0.1, -0.05) is 13.8 Å². The average Bonchev–Trinajstić information content (AvgIpc) is 2.83. The van der Waals surface area contributed by atoms with Gasteiger partial charge in [-0.2, -0.15) is 11.8 Å². The van der Waals surface area contributed by atoms with Crippen LogP contribution in [0.15, 0.2) is 18.2 Å². The van der Waals surface area contributed by atoms with Crippen LogP contribution in [-0.4, -0.2) is 40.9 Å². The molecule has 102 valence electrons. The molecule has 3 nitrogen and oxygen atoms in total. The Hall–Kier alpha value is -1.16. The number of anilines is 1. The number of hydrogen-bond acceptors (Lipinski definition) is 3. The number of thioether (sulfide) groups is 1. The first-order chi connectivity index (χ1) is 9.13. The van der Waals surface area contributed by atoms with Crippen molar-refractivity contribution in [3.8, 4) is 0 Å². The van der Waals surface area contributed by atoms with Gasteiger partial charge >= 0.3 is 0 Å². The number of carbonyl (C=O) groups is 1. The highest BCUT2D eigenvalue weighted by Gasteiger charge is 2.27. The smallest absolute Gasteiger partial charge is 0.253 e. The molecule has 19 heavy (non-hydrogen) atoms. The molecule has 2 atom stereocenters. The molecular weight excluding hydrogens is 256 g/mol. The second-order valence-corrected chi connectivity index (χ2v) is 7.40. The van der Waals surface area contributed by atoms with E-state index in [-0.39, 0.29) is 5.91 Å². The summed E-state index contributed by atoms with van der Waals surface area (Å²) in [7, 11) is 0. The number of nitrogens with zero attached hydrogens (tertiary/aromatic N) is 1. The molecule has 1 amide bonds. The van der Waals surface area contributed by atoms with Gasteiger partial charge in [0.15, 0.2) is 0 Å². The first-order valence-corrected chi connectivity index (χ1v) is 7.89. The van der Waals surface area contributed by atoms with Crippen LogP contribution in [-0.2, 0) is 6.42 Å². The van der Waals surface area contributed by atoms with Crippen molar-refractivity contribution in [2.75, 3.05) is 25.0 Å². The van der Waals surface area contributed by atoms with Gasteiger partial charge in [0.2, 0.25) is 0 Å². The molecule has 0 aliphatic carbocycles. The Morgan fingerprint density at radius 1 is 1.32 bits per heavy atom. The Kier molecular flexibility index (Phi) is 3.44. The Labute approximate surface area is 118 Å². The number of rotatable bonds is 1. The van der Waals surface area contributed by atoms with Crippen LogP contribution in [0, 0.1) is 0 Å². The molecule has 0 aromatic heterocycles. The van der Waals surface area contributed by atoms with Crippen LogP contribution in [0.5, 0.6) is 0 Å². The number of amides is 1. The predicted molar refractivity (Wildman–Crippen MR) is 81.1 cm³/mol. The highest BCUT2D eigenvalue weighted by atomic mass is 32.2. The molecule has 3 rings (SSSR count). The number of nitrogens with one attached hydrogen (secondary N) is 1. The molecule has 2 unspecified atom stereocenters. The lowest BCUT2D eigenvalue weighted by atomic mass is 10.1. The van der Waals surface area contributed by atoms with Crippen molar-refractivity contribution in [2.45, 2.75) is 30.8 Å². The van der Waals surface area contributed by atoms with Gasteiger partial charge in [0.1, 0.15) is 0 Å². The highest BCUT2D eigenvalue weighted by Crippen LogP contribution is 2.27. The van der Waals surface area contributed by atoms with Crippen LogP contribution in [0.25, 0.3) is 0 Å². The SMILES string of the molecule is CC1CN(C(=O)c2ccc3c(c2)CCN3)CC(C)S1. The molecule has 0 saturated carbocycles. The molecule has 1 fully saturated rings. The molecule has 1 aromatic rings. The lowest BCUT2D eigenvalue weighted by molar-refractivity contribution is 0.0753. The van der Waals surface area contributed by atoms with E-state index in [1.54, 1.807) is 0 Å². The van der Waals surface area contributed by atoms with Crippen molar-refractivity contribution in [1.82, 2.24) is 4.90 Å². The Bertz CT molecular complexity index is 493. The summed E-state index contributed by atoms with van der Waals surface area (Å²) in [5.74, 6) is 0.189. The van der Waals surface area contributed by atoms with Crippen molar-refractivity contribution in [1.29, 1.82) is 0 Å². The summed E-state index contributed by atoms with van der Waals surface area (Å²) in [5, 5.41) is 4.39. The lowest BCUT2D eigenvalue weighted by Crippen LogP contribution is -2.44. The summed E-state index contributed by atoms with van der Waals surface area (Å²) < 4.78 is 0. The van der Waals surface area contributed by atoms with E-state index in [1.165, 1.54) is 11.3 Å². The van der Waals surface area contributed by atoms with Gasteiger partial charge < -0.3 is 10.2 Å². The van der Waals surface area contributed by atoms with E-state index in [1.807, 2.05) is 28.8 Å². The fourth-order valence-corrected chi connectivity index (χ4v) is 4.29. The first-order valence-electron chi connectivity index (χ1n) is 6.95. The second kappa shape index (κ2) is 5.08. The first kappa shape index (κ1) is 12.9. The zero-order valence-corrected chi connectivity index (χ0v) is 12.3. The van der Waals surface area contributed by atoms with Crippen molar-refractivity contribution in [2.24, 2.45) is 0 Å². The summed E-state index contributed by atoms with van der Waals surface area (Å²) in [6.07, 6.45) is 1.03. The van der Waals surface area contributed by atoms with E-state index in [0.717, 1.165) is 31.6 Å². The fourth-order valence-electron chi connectivity index (χ4n) is 2.96. The third kappa shape index (κ3) is 2.59. The maximum atomic E-state index is 12.6. The number of fused-ring (bicyclic) bond motifs is 1. The van der Waals surface area contributed by atoms with Crippen LogP contribution < -0.4 is 5.32 Å². The summed E-state index contributed by atoms with van der Waals surface area (Å²) in [6, 6.07) is 6.06. The maximum Gasteiger partial charge on any atom is 0.253 e. The standard InChI is InChI=1S/C15H20N2OS/c1-10-8-17(9-11(2)19-10)15(18)13-3-4-14-12(7-13)5-6-16-14/h3-4,7,10-11,16H,5-6,8-9H2,1-2H3. The third-order valence-electron chi connectivity index (χ3n) is 3.77. The molecule has 2 aliphatic rings. The molecule has 0 radical (unpaired) electrons. The normalized spacial score (nSPS) is 25.9. The Morgan fingerprint density at radius 3 is 2.79 bits per heavy atom. The molecule has 2 aliphatic heterocycles. The minimum Gasteiger partial charge on any atom is -0.384 e. The summed E-state index contributed by atoms with van der Waals surface area (Å²) in [6.45, 7) is 7.12. The van der Waals surface area contributed by atoms with Gasteiger partial charge in [-0.05, 0) is 30.2 Å². The van der Waals surface area contributed by atoms with Crippen LogP contribution in [0.4, 0.5) is 5.69 Å². The summed E-state index contributed by atoms with van der Waals surface area (Å²) in [5.41, 5.74) is 3.31. The van der Waals surface area contributed by atoms with Crippen LogP contribution >= 0.6 is 11.8 Å². The Balaban J connectivity index is 1.80. The molecule has 1 saturated heterocycles. The monoisotopic (exact) mass is 276 g/mol. The van der Waals surface area contributed by atoms with Gasteiger partial charge in [0.05, 0.1) is 0 Å². The van der Waals surface area contributed by atoms with Crippen LogP contribution in [0.2, 0.25) is 0 Å². The van der Waals surface area contributed by atoms with E-state index < -0.39 is 0 Å². The summed E-state index contributed by atoms with van der Waals surface area (Å²) >= 11 is 1.97. The zero-order chi connectivity index (χ0) is 13.4. The lowest BCUT2D eigenvalue weighted by Gasteiger charge is -2.34. The van der Waals surface area contributed by atoms with Crippen LogP contribution in [0.1, 0.15) is 29.8 Å². The minimum absolute atomic E-state index is 0.189. The van der Waals surface area contributed by atoms with Crippen molar-refractivity contribution in [3.05, 3.63) is 29.3 Å². The molecule has 1 aromatic carbocycles. The van der Waals surface area contributed by atoms with E-state index in [2.05, 4.69) is 25.2 Å². The zero-order valence-electron chi connectivity index (χ0n) is 11.5. The van der Waals surface area contributed by atoms with E-state index in [4.69, 9.17) is 0 Å². The highest BCUT2D eigenvalue weighted by molar-refractivity contribution is 8.00. The largest absolute Gasteiger partial charge is 0.384 e. The van der Waals surface area contributed by atoms with Gasteiger partial charge in [-0.15, -0.1) is 0 Å². The van der Waals surface area contributed by atoms with Gasteiger partial charge in [-0.3, -0.25) is 4.79 Å². The molecule has 0 spiro atoms. The minimum atomic E-state index is 0.189. The topological polar surface area (TPSA) is 32.3 Å². The van der Waals surface area contributed by atoms with Gasteiger partial charge in [-0.25, -0.2) is 0 Å². The predicted octanol–water partition coefficient (Wildman–Crippen LogP) is 2.62. The quantitative estimate of drug-likeness (QED) is 0.856. The van der Waals surface area contributed by atoms with Crippen molar-refractivity contribution < 1.29 is 4.79 Å². The number of benzene rings is 1. The van der Waals surface area contributed by atoms with Crippen LogP contribution in [0.3, 0.4) is 0 Å². The molecule has 2 heterocycles. The van der Waals surface area contributed by atoms with E-state index in [0.29, 0.717) is 10.5 Å². The van der Waals surface area contributed by atoms with Crippen molar-refractivity contribution in [3.63, 3.8) is 0 Å². The van der Waals surface area contributed by atoms with E-state index in [9.17, 15) is 4.79 Å². The summed E-state index contributed by atoms with van der Waals surface area (Å²) in [4.78, 5) is 14.6. The average molecular weight is 276 g/mol.